The molecule has 0 spiro atoms. The molecule has 0 aliphatic carbocycles. The summed E-state index contributed by atoms with van der Waals surface area (Å²) in [7, 11) is 1.64. The molecule has 1 aliphatic heterocycles. The van der Waals surface area contributed by atoms with Gasteiger partial charge < -0.3 is 4.74 Å². The molecule has 2 aromatic rings. The SMILES string of the molecule is C=CC.C=CCN1C(=O)S/C(=C\c2ccc(-c3ccc(OC)cc3)s2)C1=O. The number of carbonyl (C=O) groups excluding carboxylic acids is 2. The number of nitrogens with zero attached hydrogens (tertiary/aromatic N) is 1. The van der Waals surface area contributed by atoms with Crippen molar-refractivity contribution >= 4 is 40.3 Å². The zero-order chi connectivity index (χ0) is 19.8. The number of imide groups is 1. The van der Waals surface area contributed by atoms with Crippen molar-refractivity contribution < 1.29 is 14.3 Å². The molecule has 0 radical (unpaired) electrons. The van der Waals surface area contributed by atoms with Crippen LogP contribution in [0.5, 0.6) is 5.75 Å². The van der Waals surface area contributed by atoms with Crippen molar-refractivity contribution in [2.45, 2.75) is 6.92 Å². The molecule has 3 rings (SSSR count). The number of benzene rings is 1. The lowest BCUT2D eigenvalue weighted by Gasteiger charge is -2.07. The van der Waals surface area contributed by atoms with Gasteiger partial charge in [0.2, 0.25) is 0 Å². The summed E-state index contributed by atoms with van der Waals surface area (Å²) >= 11 is 2.54. The highest BCUT2D eigenvalue weighted by Crippen LogP contribution is 2.35. The number of carbonyl (C=O) groups is 2. The lowest BCUT2D eigenvalue weighted by atomic mass is 10.2. The summed E-state index contributed by atoms with van der Waals surface area (Å²) in [6.45, 7) is 9.06. The van der Waals surface area contributed by atoms with E-state index in [4.69, 9.17) is 4.74 Å². The summed E-state index contributed by atoms with van der Waals surface area (Å²) in [5.41, 5.74) is 1.08. The van der Waals surface area contributed by atoms with Crippen LogP contribution < -0.4 is 4.74 Å². The fourth-order valence-electron chi connectivity index (χ4n) is 2.26. The highest BCUT2D eigenvalue weighted by Gasteiger charge is 2.34. The number of hydrogen-bond donors (Lipinski definition) is 0. The highest BCUT2D eigenvalue weighted by molar-refractivity contribution is 8.18. The molecule has 2 amide bonds. The van der Waals surface area contributed by atoms with E-state index in [0.717, 1.165) is 32.8 Å². The van der Waals surface area contributed by atoms with Gasteiger partial charge in [-0.05, 0) is 66.7 Å². The van der Waals surface area contributed by atoms with Crippen molar-refractivity contribution in [2.75, 3.05) is 13.7 Å². The van der Waals surface area contributed by atoms with Crippen LogP contribution in [0, 0.1) is 0 Å². The summed E-state index contributed by atoms with van der Waals surface area (Å²) in [5.74, 6) is 0.552. The van der Waals surface area contributed by atoms with Gasteiger partial charge in [-0.15, -0.1) is 24.5 Å². The van der Waals surface area contributed by atoms with Crippen molar-refractivity contribution in [1.82, 2.24) is 4.90 Å². The van der Waals surface area contributed by atoms with Crippen LogP contribution in [-0.2, 0) is 4.79 Å². The normalized spacial score (nSPS) is 14.7. The van der Waals surface area contributed by atoms with Gasteiger partial charge >= 0.3 is 0 Å². The minimum Gasteiger partial charge on any atom is -0.497 e. The summed E-state index contributed by atoms with van der Waals surface area (Å²) in [4.78, 5) is 27.7. The Balaban J connectivity index is 0.000000817. The van der Waals surface area contributed by atoms with Crippen LogP contribution in [0.25, 0.3) is 16.5 Å². The first-order valence-corrected chi connectivity index (χ1v) is 9.85. The van der Waals surface area contributed by atoms with E-state index in [1.807, 2.05) is 43.3 Å². The quantitative estimate of drug-likeness (QED) is 0.468. The van der Waals surface area contributed by atoms with E-state index in [1.54, 1.807) is 36.7 Å². The zero-order valence-electron chi connectivity index (χ0n) is 15.3. The Hall–Kier alpha value is -2.57. The Morgan fingerprint density at radius 3 is 2.37 bits per heavy atom. The molecule has 0 N–H and O–H groups in total. The number of amides is 2. The summed E-state index contributed by atoms with van der Waals surface area (Å²) in [6, 6.07) is 11.8. The van der Waals surface area contributed by atoms with E-state index in [0.29, 0.717) is 4.91 Å². The second-order valence-electron chi connectivity index (χ2n) is 5.42. The van der Waals surface area contributed by atoms with Crippen molar-refractivity contribution in [3.8, 4) is 16.2 Å². The average molecular weight is 400 g/mol. The molecule has 1 saturated heterocycles. The van der Waals surface area contributed by atoms with Gasteiger partial charge in [-0.3, -0.25) is 14.5 Å². The molecule has 0 unspecified atom stereocenters. The maximum absolute atomic E-state index is 12.2. The third kappa shape index (κ3) is 5.21. The molecule has 27 heavy (non-hydrogen) atoms. The molecule has 1 fully saturated rings. The minimum absolute atomic E-state index is 0.240. The molecule has 1 aliphatic rings. The molecule has 1 aromatic carbocycles. The number of methoxy groups -OCH3 is 1. The zero-order valence-corrected chi connectivity index (χ0v) is 16.9. The topological polar surface area (TPSA) is 46.6 Å². The van der Waals surface area contributed by atoms with Crippen molar-refractivity contribution in [1.29, 1.82) is 0 Å². The first-order valence-electron chi connectivity index (χ1n) is 8.21. The fourth-order valence-corrected chi connectivity index (χ4v) is 4.13. The van der Waals surface area contributed by atoms with Gasteiger partial charge in [0, 0.05) is 16.3 Å². The number of hydrogen-bond acceptors (Lipinski definition) is 5. The number of allylic oxidation sites excluding steroid dienone is 1. The van der Waals surface area contributed by atoms with Gasteiger partial charge in [0.1, 0.15) is 5.75 Å². The highest BCUT2D eigenvalue weighted by atomic mass is 32.2. The van der Waals surface area contributed by atoms with Crippen LogP contribution in [0.1, 0.15) is 11.8 Å². The maximum atomic E-state index is 12.2. The first-order chi connectivity index (χ1) is 13.0. The average Bonchev–Trinajstić information content (AvgIpc) is 3.23. The van der Waals surface area contributed by atoms with Crippen LogP contribution in [0.4, 0.5) is 4.79 Å². The van der Waals surface area contributed by atoms with Gasteiger partial charge in [0.05, 0.1) is 12.0 Å². The van der Waals surface area contributed by atoms with Gasteiger partial charge in [0.15, 0.2) is 0 Å². The van der Waals surface area contributed by atoms with E-state index in [2.05, 4.69) is 13.2 Å². The lowest BCUT2D eigenvalue weighted by molar-refractivity contribution is -0.122. The molecule has 0 bridgehead atoms. The minimum atomic E-state index is -0.260. The largest absolute Gasteiger partial charge is 0.497 e. The first kappa shape index (κ1) is 20.7. The van der Waals surface area contributed by atoms with Gasteiger partial charge in [-0.1, -0.05) is 12.2 Å². The molecule has 4 nitrogen and oxygen atoms in total. The fraction of sp³-hybridized carbons (Fsp3) is 0.143. The molecular formula is C21H21NO3S2. The van der Waals surface area contributed by atoms with Crippen LogP contribution in [0.15, 0.2) is 66.6 Å². The van der Waals surface area contributed by atoms with E-state index in [1.165, 1.54) is 4.90 Å². The monoisotopic (exact) mass is 399 g/mol. The second kappa shape index (κ2) is 9.94. The Morgan fingerprint density at radius 2 is 1.78 bits per heavy atom. The molecular weight excluding hydrogens is 378 g/mol. The summed E-state index contributed by atoms with van der Waals surface area (Å²) in [5, 5.41) is -0.252. The Labute approximate surface area is 167 Å². The molecule has 0 saturated carbocycles. The Morgan fingerprint density at radius 1 is 1.11 bits per heavy atom. The predicted molar refractivity (Wildman–Crippen MR) is 115 cm³/mol. The number of thiophene rings is 1. The van der Waals surface area contributed by atoms with Crippen LogP contribution in [0.2, 0.25) is 0 Å². The van der Waals surface area contributed by atoms with Crippen LogP contribution in [-0.4, -0.2) is 29.7 Å². The molecule has 140 valence electrons. The summed E-state index contributed by atoms with van der Waals surface area (Å²) in [6.07, 6.45) is 5.07. The number of thioether (sulfide) groups is 1. The van der Waals surface area contributed by atoms with Crippen molar-refractivity contribution in [3.05, 3.63) is 71.5 Å². The standard InChI is InChI=1S/C18H15NO3S2.C3H6/c1-3-10-19-17(20)16(24-18(19)21)11-14-8-9-15(23-14)12-4-6-13(22-2)7-5-12;1-3-2/h3-9,11H,1,10H2,2H3;3H,1H2,2H3/b16-11-;. The second-order valence-corrected chi connectivity index (χ2v) is 7.53. The number of ether oxygens (including phenoxy) is 1. The maximum Gasteiger partial charge on any atom is 0.293 e. The predicted octanol–water partition coefficient (Wildman–Crippen LogP) is 5.84. The smallest absolute Gasteiger partial charge is 0.293 e. The third-order valence-electron chi connectivity index (χ3n) is 3.46. The van der Waals surface area contributed by atoms with Crippen molar-refractivity contribution in [3.63, 3.8) is 0 Å². The van der Waals surface area contributed by atoms with E-state index in [-0.39, 0.29) is 17.7 Å². The Kier molecular flexibility index (Phi) is 7.64. The van der Waals surface area contributed by atoms with E-state index in [9.17, 15) is 9.59 Å². The molecule has 1 aromatic heterocycles. The molecule has 2 heterocycles. The van der Waals surface area contributed by atoms with Crippen molar-refractivity contribution in [2.24, 2.45) is 0 Å². The Bertz CT molecular complexity index is 866. The van der Waals surface area contributed by atoms with Crippen LogP contribution in [0.3, 0.4) is 0 Å². The van der Waals surface area contributed by atoms with Gasteiger partial charge in [-0.2, -0.15) is 0 Å². The van der Waals surface area contributed by atoms with Gasteiger partial charge in [0.25, 0.3) is 11.1 Å². The molecule has 6 heteroatoms. The third-order valence-corrected chi connectivity index (χ3v) is 5.45. The van der Waals surface area contributed by atoms with E-state index < -0.39 is 0 Å². The molecule has 0 atom stereocenters. The van der Waals surface area contributed by atoms with Gasteiger partial charge in [-0.25, -0.2) is 0 Å². The number of rotatable bonds is 5. The summed E-state index contributed by atoms with van der Waals surface area (Å²) < 4.78 is 5.16. The van der Waals surface area contributed by atoms with Crippen LogP contribution >= 0.6 is 23.1 Å². The lowest BCUT2D eigenvalue weighted by Crippen LogP contribution is -2.27. The van der Waals surface area contributed by atoms with E-state index >= 15 is 0 Å².